The fourth-order valence-corrected chi connectivity index (χ4v) is 1.69. The maximum Gasteiger partial charge on any atom is 0.0551 e. The second-order valence-corrected chi connectivity index (χ2v) is 4.54. The quantitative estimate of drug-likeness (QED) is 0.788. The molecule has 4 heteroatoms. The van der Waals surface area contributed by atoms with Gasteiger partial charge in [-0.1, -0.05) is 24.6 Å². The lowest BCUT2D eigenvalue weighted by Crippen LogP contribution is -2.26. The van der Waals surface area contributed by atoms with E-state index in [0.29, 0.717) is 0 Å². The van der Waals surface area contributed by atoms with E-state index in [-0.39, 0.29) is 0 Å². The third-order valence-corrected chi connectivity index (χ3v) is 3.27. The fraction of sp³-hybridized carbons (Fsp3) is 0.455. The van der Waals surface area contributed by atoms with Crippen molar-refractivity contribution in [1.82, 2.24) is 10.6 Å². The zero-order chi connectivity index (χ0) is 11.1. The van der Waals surface area contributed by atoms with E-state index in [9.17, 15) is 0 Å². The third-order valence-electron chi connectivity index (χ3n) is 2.04. The Labute approximate surface area is 105 Å². The zero-order valence-electron chi connectivity index (χ0n) is 8.82. The molecular formula is C11H16BrClN2. The molecule has 0 saturated heterocycles. The van der Waals surface area contributed by atoms with Crippen LogP contribution in [0.15, 0.2) is 22.7 Å². The second-order valence-electron chi connectivity index (χ2n) is 3.28. The number of likely N-dealkylation sites (N-methyl/N-ethyl adjacent to an activating group) is 1. The van der Waals surface area contributed by atoms with Gasteiger partial charge in [0.15, 0.2) is 0 Å². The van der Waals surface area contributed by atoms with Crippen LogP contribution in [0.3, 0.4) is 0 Å². The summed E-state index contributed by atoms with van der Waals surface area (Å²) in [5, 5.41) is 7.37. The predicted molar refractivity (Wildman–Crippen MR) is 69.4 cm³/mol. The SMILES string of the molecule is CCNCCNCc1ccc(Br)c(Cl)c1. The summed E-state index contributed by atoms with van der Waals surface area (Å²) in [6.07, 6.45) is 0. The predicted octanol–water partition coefficient (Wildman–Crippen LogP) is 2.80. The summed E-state index contributed by atoms with van der Waals surface area (Å²) in [4.78, 5) is 0. The average Bonchev–Trinajstić information content (AvgIpc) is 2.23. The molecule has 0 aliphatic rings. The van der Waals surface area contributed by atoms with Crippen molar-refractivity contribution in [3.8, 4) is 0 Å². The number of halogens is 2. The van der Waals surface area contributed by atoms with E-state index in [2.05, 4.69) is 39.6 Å². The Hall–Kier alpha value is -0.0900. The Morgan fingerprint density at radius 3 is 2.67 bits per heavy atom. The fourth-order valence-electron chi connectivity index (χ4n) is 1.24. The molecule has 0 bridgehead atoms. The van der Waals surface area contributed by atoms with Crippen LogP contribution >= 0.6 is 27.5 Å². The standard InChI is InChI=1S/C11H16BrClN2/c1-2-14-5-6-15-8-9-3-4-10(12)11(13)7-9/h3-4,7,14-15H,2,5-6,8H2,1H3. The molecule has 1 rings (SSSR count). The molecule has 2 N–H and O–H groups in total. The zero-order valence-corrected chi connectivity index (χ0v) is 11.2. The topological polar surface area (TPSA) is 24.1 Å². The van der Waals surface area contributed by atoms with Crippen LogP contribution in [0, 0.1) is 0 Å². The van der Waals surface area contributed by atoms with Crippen molar-refractivity contribution in [3.05, 3.63) is 33.3 Å². The summed E-state index contributed by atoms with van der Waals surface area (Å²) in [7, 11) is 0. The third kappa shape index (κ3) is 4.98. The molecule has 0 heterocycles. The summed E-state index contributed by atoms with van der Waals surface area (Å²) in [5.74, 6) is 0. The minimum absolute atomic E-state index is 0.765. The molecule has 0 aliphatic heterocycles. The van der Waals surface area contributed by atoms with Crippen LogP contribution in [0.1, 0.15) is 12.5 Å². The molecule has 0 amide bonds. The van der Waals surface area contributed by atoms with Crippen molar-refractivity contribution in [2.75, 3.05) is 19.6 Å². The second kappa shape index (κ2) is 7.23. The normalized spacial score (nSPS) is 10.6. The highest BCUT2D eigenvalue weighted by molar-refractivity contribution is 9.10. The maximum atomic E-state index is 5.99. The monoisotopic (exact) mass is 290 g/mol. The first-order valence-electron chi connectivity index (χ1n) is 5.09. The van der Waals surface area contributed by atoms with Crippen LogP contribution in [0.5, 0.6) is 0 Å². The van der Waals surface area contributed by atoms with E-state index >= 15 is 0 Å². The van der Waals surface area contributed by atoms with E-state index in [4.69, 9.17) is 11.6 Å². The lowest BCUT2D eigenvalue weighted by Gasteiger charge is -2.06. The van der Waals surface area contributed by atoms with Gasteiger partial charge in [0.1, 0.15) is 0 Å². The molecule has 1 aromatic rings. The minimum Gasteiger partial charge on any atom is -0.316 e. The number of hydrogen-bond donors (Lipinski definition) is 2. The van der Waals surface area contributed by atoms with Crippen molar-refractivity contribution < 1.29 is 0 Å². The van der Waals surface area contributed by atoms with Crippen molar-refractivity contribution in [2.45, 2.75) is 13.5 Å². The highest BCUT2D eigenvalue weighted by Crippen LogP contribution is 2.22. The van der Waals surface area contributed by atoms with Crippen LogP contribution in [-0.4, -0.2) is 19.6 Å². The van der Waals surface area contributed by atoms with Gasteiger partial charge in [0.05, 0.1) is 5.02 Å². The Balaban J connectivity index is 2.28. The van der Waals surface area contributed by atoms with Crippen molar-refractivity contribution in [3.63, 3.8) is 0 Å². The summed E-state index contributed by atoms with van der Waals surface area (Å²) in [5.41, 5.74) is 1.21. The first-order valence-corrected chi connectivity index (χ1v) is 6.26. The Kier molecular flexibility index (Phi) is 6.25. The largest absolute Gasteiger partial charge is 0.316 e. The highest BCUT2D eigenvalue weighted by Gasteiger charge is 1.98. The summed E-state index contributed by atoms with van der Waals surface area (Å²) in [6, 6.07) is 6.02. The molecule has 2 nitrogen and oxygen atoms in total. The van der Waals surface area contributed by atoms with E-state index < -0.39 is 0 Å². The van der Waals surface area contributed by atoms with E-state index in [1.165, 1.54) is 5.56 Å². The van der Waals surface area contributed by atoms with E-state index in [1.807, 2.05) is 12.1 Å². The van der Waals surface area contributed by atoms with Gasteiger partial charge in [0.2, 0.25) is 0 Å². The number of rotatable bonds is 6. The number of benzene rings is 1. The lowest BCUT2D eigenvalue weighted by atomic mass is 10.2. The van der Waals surface area contributed by atoms with Gasteiger partial charge in [0.25, 0.3) is 0 Å². The van der Waals surface area contributed by atoms with Gasteiger partial charge in [-0.3, -0.25) is 0 Å². The molecule has 0 aromatic heterocycles. The molecular weight excluding hydrogens is 275 g/mol. The molecule has 0 saturated carbocycles. The smallest absolute Gasteiger partial charge is 0.0551 e. The van der Waals surface area contributed by atoms with Crippen molar-refractivity contribution in [2.24, 2.45) is 0 Å². The number of nitrogens with one attached hydrogen (secondary N) is 2. The summed E-state index contributed by atoms with van der Waals surface area (Å²) in [6.45, 7) is 5.96. The average molecular weight is 292 g/mol. The van der Waals surface area contributed by atoms with Crippen LogP contribution in [0.2, 0.25) is 5.02 Å². The van der Waals surface area contributed by atoms with Gasteiger partial charge in [-0.05, 0) is 40.2 Å². The Morgan fingerprint density at radius 2 is 2.00 bits per heavy atom. The Bertz CT molecular complexity index is 305. The molecule has 84 valence electrons. The van der Waals surface area contributed by atoms with Crippen molar-refractivity contribution >= 4 is 27.5 Å². The number of hydrogen-bond acceptors (Lipinski definition) is 2. The summed E-state index contributed by atoms with van der Waals surface area (Å²) >= 11 is 9.36. The van der Waals surface area contributed by atoms with E-state index in [1.54, 1.807) is 0 Å². The van der Waals surface area contributed by atoms with Crippen molar-refractivity contribution in [1.29, 1.82) is 0 Å². The van der Waals surface area contributed by atoms with Gasteiger partial charge in [-0.2, -0.15) is 0 Å². The van der Waals surface area contributed by atoms with Gasteiger partial charge in [0, 0.05) is 24.1 Å². The molecule has 0 unspecified atom stereocenters. The van der Waals surface area contributed by atoms with Crippen LogP contribution in [0.4, 0.5) is 0 Å². The first-order chi connectivity index (χ1) is 7.24. The molecule has 0 aliphatic carbocycles. The van der Waals surface area contributed by atoms with Gasteiger partial charge < -0.3 is 10.6 Å². The molecule has 0 spiro atoms. The molecule has 1 aromatic carbocycles. The van der Waals surface area contributed by atoms with Gasteiger partial charge >= 0.3 is 0 Å². The minimum atomic E-state index is 0.765. The van der Waals surface area contributed by atoms with Gasteiger partial charge in [-0.15, -0.1) is 0 Å². The first kappa shape index (κ1) is 13.0. The van der Waals surface area contributed by atoms with Gasteiger partial charge in [-0.25, -0.2) is 0 Å². The van der Waals surface area contributed by atoms with E-state index in [0.717, 1.165) is 35.7 Å². The lowest BCUT2D eigenvalue weighted by molar-refractivity contribution is 0.625. The van der Waals surface area contributed by atoms with Crippen LogP contribution in [0.25, 0.3) is 0 Å². The molecule has 0 fully saturated rings. The summed E-state index contributed by atoms with van der Waals surface area (Å²) < 4.78 is 0.945. The highest BCUT2D eigenvalue weighted by atomic mass is 79.9. The Morgan fingerprint density at radius 1 is 1.27 bits per heavy atom. The molecule has 15 heavy (non-hydrogen) atoms. The van der Waals surface area contributed by atoms with Crippen LogP contribution < -0.4 is 10.6 Å². The molecule has 0 atom stereocenters. The maximum absolute atomic E-state index is 5.99. The van der Waals surface area contributed by atoms with Crippen LogP contribution in [-0.2, 0) is 6.54 Å². The molecule has 0 radical (unpaired) electrons.